The van der Waals surface area contributed by atoms with Crippen LogP contribution in [0.1, 0.15) is 184 Å². The zero-order valence-corrected chi connectivity index (χ0v) is 39.4. The van der Waals surface area contributed by atoms with Crippen molar-refractivity contribution in [3.05, 3.63) is 138 Å². The van der Waals surface area contributed by atoms with Gasteiger partial charge in [0.05, 0.1) is 0 Å². The van der Waals surface area contributed by atoms with E-state index < -0.39 is 0 Å². The van der Waals surface area contributed by atoms with Crippen LogP contribution in [0.15, 0.2) is 48.5 Å². The average Bonchev–Trinajstić information content (AvgIpc) is 3.61. The van der Waals surface area contributed by atoms with Crippen LogP contribution in [0.25, 0.3) is 0 Å². The van der Waals surface area contributed by atoms with E-state index in [0.29, 0.717) is 35.0 Å². The summed E-state index contributed by atoms with van der Waals surface area (Å²) in [5, 5.41) is 16.2. The lowest BCUT2D eigenvalue weighted by molar-refractivity contribution is 0.147. The lowest BCUT2D eigenvalue weighted by atomic mass is 9.68. The molecule has 9 rings (SSSR count). The molecular formula is C57H78N4. The van der Waals surface area contributed by atoms with E-state index in [9.17, 15) is 0 Å². The van der Waals surface area contributed by atoms with Gasteiger partial charge in [-0.05, 0) is 278 Å². The molecule has 0 aromatic heterocycles. The van der Waals surface area contributed by atoms with E-state index in [4.69, 9.17) is 0 Å². The lowest BCUT2D eigenvalue weighted by Gasteiger charge is -2.40. The van der Waals surface area contributed by atoms with Crippen molar-refractivity contribution in [2.45, 2.75) is 176 Å². The normalized spacial score (nSPS) is 27.0. The first-order valence-corrected chi connectivity index (χ1v) is 24.7. The second-order valence-electron chi connectivity index (χ2n) is 21.4. The topological polar surface area (TPSA) is 48.1 Å². The molecule has 4 heteroatoms. The third-order valence-corrected chi connectivity index (χ3v) is 17.5. The Morgan fingerprint density at radius 2 is 0.590 bits per heavy atom. The van der Waals surface area contributed by atoms with Crippen molar-refractivity contribution in [2.24, 2.45) is 10.8 Å². The van der Waals surface area contributed by atoms with E-state index in [1.165, 1.54) is 115 Å². The summed E-state index contributed by atoms with van der Waals surface area (Å²) < 4.78 is 0. The Bertz CT molecular complexity index is 1940. The van der Waals surface area contributed by atoms with E-state index in [2.05, 4.69) is 125 Å². The first-order chi connectivity index (χ1) is 29.4. The van der Waals surface area contributed by atoms with E-state index in [0.717, 1.165) is 51.9 Å². The first-order valence-electron chi connectivity index (χ1n) is 24.7. The summed E-state index contributed by atoms with van der Waals surface area (Å²) in [6, 6.07) is 22.0. The first kappa shape index (κ1) is 43.0. The number of rotatable bonds is 12. The minimum Gasteiger partial charge on any atom is -0.310 e. The number of hydrogen-bond acceptors (Lipinski definition) is 4. The fraction of sp³-hybridized carbons (Fsp3) is 0.579. The van der Waals surface area contributed by atoms with Crippen molar-refractivity contribution in [2.75, 3.05) is 26.2 Å². The summed E-state index contributed by atoms with van der Waals surface area (Å²) >= 11 is 0. The monoisotopic (exact) mass is 819 g/mol. The van der Waals surface area contributed by atoms with Gasteiger partial charge >= 0.3 is 0 Å². The highest BCUT2D eigenvalue weighted by Crippen LogP contribution is 2.60. The highest BCUT2D eigenvalue weighted by molar-refractivity contribution is 5.44. The van der Waals surface area contributed by atoms with Gasteiger partial charge in [0, 0.05) is 24.2 Å². The predicted octanol–water partition coefficient (Wildman–Crippen LogP) is 12.3. The molecule has 1 fully saturated rings. The molecule has 4 aromatic carbocycles. The molecule has 4 atom stereocenters. The van der Waals surface area contributed by atoms with Crippen LogP contribution in [-0.4, -0.2) is 26.2 Å². The average molecular weight is 819 g/mol. The Kier molecular flexibility index (Phi) is 12.5. The maximum absolute atomic E-state index is 4.06. The van der Waals surface area contributed by atoms with Gasteiger partial charge in [-0.15, -0.1) is 0 Å². The molecule has 5 aliphatic rings. The van der Waals surface area contributed by atoms with Gasteiger partial charge in [-0.3, -0.25) is 0 Å². The number of fused-ring (bicyclic) bond motifs is 4. The molecule has 0 saturated heterocycles. The molecule has 61 heavy (non-hydrogen) atoms. The van der Waals surface area contributed by atoms with Crippen LogP contribution in [0.4, 0.5) is 0 Å². The fourth-order valence-corrected chi connectivity index (χ4v) is 13.2. The standard InChI is InChI=1S/C57H78N4/c1-36-27-44-13-23-58-52(48(44)31-40(36)5)9-17-56(18-10-53-49-32-41(6)37(2)28-45(49)14-24-59-53)21-22-57(35-56,19-11-54-50-33-42(7)38(3)29-46(50)15-25-60-54)20-12-55-51-34-43(8)39(4)30-47(51)16-26-61-55/h27-34,52-55,58-61H,9-26,35H2,1-8H3. The number of aryl methyl sites for hydroxylation is 8. The summed E-state index contributed by atoms with van der Waals surface area (Å²) in [5.74, 6) is 0. The Balaban J connectivity index is 1.03. The Labute approximate surface area is 370 Å². The molecule has 326 valence electrons. The van der Waals surface area contributed by atoms with Gasteiger partial charge in [-0.1, -0.05) is 48.5 Å². The summed E-state index contributed by atoms with van der Waals surface area (Å²) in [4.78, 5) is 0. The van der Waals surface area contributed by atoms with Crippen LogP contribution in [0.5, 0.6) is 0 Å². The van der Waals surface area contributed by atoms with Crippen LogP contribution in [-0.2, 0) is 25.7 Å². The Morgan fingerprint density at radius 1 is 0.361 bits per heavy atom. The third kappa shape index (κ3) is 8.95. The van der Waals surface area contributed by atoms with Gasteiger partial charge in [-0.2, -0.15) is 0 Å². The number of hydrogen-bond donors (Lipinski definition) is 4. The fourth-order valence-electron chi connectivity index (χ4n) is 13.2. The smallest absolute Gasteiger partial charge is 0.0323 e. The summed E-state index contributed by atoms with van der Waals surface area (Å²) in [5.41, 5.74) is 25.0. The van der Waals surface area contributed by atoms with E-state index >= 15 is 0 Å². The highest BCUT2D eigenvalue weighted by atomic mass is 14.9. The van der Waals surface area contributed by atoms with Crippen molar-refractivity contribution in [3.8, 4) is 0 Å². The zero-order valence-electron chi connectivity index (χ0n) is 39.4. The van der Waals surface area contributed by atoms with Gasteiger partial charge in [0.15, 0.2) is 0 Å². The van der Waals surface area contributed by atoms with Crippen molar-refractivity contribution in [3.63, 3.8) is 0 Å². The van der Waals surface area contributed by atoms with E-state index in [-0.39, 0.29) is 0 Å². The summed E-state index contributed by atoms with van der Waals surface area (Å²) in [6.45, 7) is 22.9. The third-order valence-electron chi connectivity index (χ3n) is 17.5. The van der Waals surface area contributed by atoms with Gasteiger partial charge in [0.25, 0.3) is 0 Å². The van der Waals surface area contributed by atoms with Crippen LogP contribution >= 0.6 is 0 Å². The summed E-state index contributed by atoms with van der Waals surface area (Å²) in [6.07, 6.45) is 19.0. The molecule has 1 aliphatic carbocycles. The quantitative estimate of drug-likeness (QED) is 0.115. The largest absolute Gasteiger partial charge is 0.310 e. The van der Waals surface area contributed by atoms with Crippen molar-refractivity contribution < 1.29 is 0 Å². The second kappa shape index (κ2) is 17.7. The molecule has 0 bridgehead atoms. The molecule has 4 N–H and O–H groups in total. The maximum atomic E-state index is 4.06. The van der Waals surface area contributed by atoms with Crippen molar-refractivity contribution in [1.29, 1.82) is 0 Å². The molecule has 0 radical (unpaired) electrons. The van der Waals surface area contributed by atoms with Crippen molar-refractivity contribution >= 4 is 0 Å². The maximum Gasteiger partial charge on any atom is 0.0323 e. The zero-order chi connectivity index (χ0) is 42.5. The van der Waals surface area contributed by atoms with Crippen LogP contribution in [0, 0.1) is 66.2 Å². The summed E-state index contributed by atoms with van der Waals surface area (Å²) in [7, 11) is 0. The minimum atomic E-state index is 0.343. The lowest BCUT2D eigenvalue weighted by Crippen LogP contribution is -2.34. The number of benzene rings is 4. The van der Waals surface area contributed by atoms with Gasteiger partial charge in [-0.25, -0.2) is 0 Å². The van der Waals surface area contributed by atoms with Crippen molar-refractivity contribution in [1.82, 2.24) is 21.3 Å². The second-order valence-corrected chi connectivity index (χ2v) is 21.4. The van der Waals surface area contributed by atoms with E-state index in [1.807, 2.05) is 0 Å². The molecule has 4 unspecified atom stereocenters. The van der Waals surface area contributed by atoms with E-state index in [1.54, 1.807) is 44.5 Å². The predicted molar refractivity (Wildman–Crippen MR) is 257 cm³/mol. The van der Waals surface area contributed by atoms with Crippen LogP contribution in [0.3, 0.4) is 0 Å². The molecule has 4 heterocycles. The number of nitrogens with one attached hydrogen (secondary N) is 4. The molecular weight excluding hydrogens is 741 g/mol. The van der Waals surface area contributed by atoms with Crippen LogP contribution in [0.2, 0.25) is 0 Å². The van der Waals surface area contributed by atoms with Crippen LogP contribution < -0.4 is 21.3 Å². The highest BCUT2D eigenvalue weighted by Gasteiger charge is 2.48. The molecule has 0 amide bonds. The van der Waals surface area contributed by atoms with Gasteiger partial charge in [0.1, 0.15) is 0 Å². The van der Waals surface area contributed by atoms with Gasteiger partial charge in [0.2, 0.25) is 0 Å². The molecule has 0 spiro atoms. The Morgan fingerprint density at radius 3 is 0.836 bits per heavy atom. The Hall–Kier alpha value is -3.28. The van der Waals surface area contributed by atoms with Gasteiger partial charge < -0.3 is 21.3 Å². The molecule has 4 aromatic rings. The molecule has 1 saturated carbocycles. The molecule has 4 aliphatic heterocycles. The SMILES string of the molecule is Cc1cc2c(cc1C)C(CCC1(CCC3NCCc4cc(C)c(C)cc43)CCC(CCC3NCCc4cc(C)c(C)cc43)(CCC3NCCc4cc(C)c(C)cc43)C1)NCC2. The molecule has 4 nitrogen and oxygen atoms in total. The minimum absolute atomic E-state index is 0.343.